The van der Waals surface area contributed by atoms with Crippen molar-refractivity contribution in [1.29, 1.82) is 0 Å². The van der Waals surface area contributed by atoms with Crippen LogP contribution in [0.2, 0.25) is 15.1 Å². The Kier molecular flexibility index (Phi) is 3.06. The van der Waals surface area contributed by atoms with E-state index in [4.69, 9.17) is 40.3 Å². The summed E-state index contributed by atoms with van der Waals surface area (Å²) in [7, 11) is 0. The molecule has 12 heavy (non-hydrogen) atoms. The molecular formula is C6H2Cl3N3. The molecule has 0 unspecified atom stereocenters. The normalized spacial score (nSPS) is 9.25. The van der Waals surface area contributed by atoms with Gasteiger partial charge in [0.05, 0.1) is 20.8 Å². The lowest BCUT2D eigenvalue weighted by molar-refractivity contribution is 1.48. The minimum Gasteiger partial charge on any atom is -0.0827 e. The first-order valence-electron chi connectivity index (χ1n) is 2.85. The Balaban J connectivity index is 3.35. The van der Waals surface area contributed by atoms with E-state index in [1.807, 2.05) is 0 Å². The van der Waals surface area contributed by atoms with Crippen molar-refractivity contribution in [2.75, 3.05) is 0 Å². The fourth-order valence-corrected chi connectivity index (χ4v) is 1.21. The molecule has 0 heterocycles. The van der Waals surface area contributed by atoms with Crippen LogP contribution in [0.3, 0.4) is 0 Å². The first kappa shape index (κ1) is 9.49. The van der Waals surface area contributed by atoms with Crippen LogP contribution in [0.15, 0.2) is 17.2 Å². The number of nitrogens with zero attached hydrogens (tertiary/aromatic N) is 3. The van der Waals surface area contributed by atoms with Crippen molar-refractivity contribution in [3.05, 3.63) is 37.6 Å². The topological polar surface area (TPSA) is 48.8 Å². The molecule has 0 aliphatic carbocycles. The van der Waals surface area contributed by atoms with Crippen LogP contribution in [0.1, 0.15) is 0 Å². The summed E-state index contributed by atoms with van der Waals surface area (Å²) in [6.07, 6.45) is 0. The van der Waals surface area contributed by atoms with Gasteiger partial charge in [0.25, 0.3) is 0 Å². The van der Waals surface area contributed by atoms with Crippen LogP contribution in [0.4, 0.5) is 5.69 Å². The van der Waals surface area contributed by atoms with Crippen molar-refractivity contribution in [2.45, 2.75) is 0 Å². The molecule has 3 nitrogen and oxygen atoms in total. The van der Waals surface area contributed by atoms with Gasteiger partial charge in [-0.25, -0.2) is 0 Å². The molecule has 1 aromatic carbocycles. The molecule has 0 fully saturated rings. The molecule has 1 aromatic rings. The third-order valence-corrected chi connectivity index (χ3v) is 2.45. The fourth-order valence-electron chi connectivity index (χ4n) is 0.641. The van der Waals surface area contributed by atoms with E-state index in [0.717, 1.165) is 0 Å². The molecule has 0 aliphatic heterocycles. The largest absolute Gasteiger partial charge is 0.0827 e. The highest BCUT2D eigenvalue weighted by Gasteiger charge is 2.06. The molecule has 0 bridgehead atoms. The number of hydrogen-bond donors (Lipinski definition) is 0. The highest BCUT2D eigenvalue weighted by atomic mass is 35.5. The SMILES string of the molecule is [N-]=[N+]=Nc1ccc(Cl)c(Cl)c1Cl. The zero-order valence-electron chi connectivity index (χ0n) is 5.63. The number of azide groups is 1. The third kappa shape index (κ3) is 1.76. The van der Waals surface area contributed by atoms with Crippen molar-refractivity contribution in [3.63, 3.8) is 0 Å². The standard InChI is InChI=1S/C6H2Cl3N3/c7-3-1-2-4(11-12-10)6(9)5(3)8/h1-2H. The molecule has 1 rings (SSSR count). The predicted molar refractivity (Wildman–Crippen MR) is 50.3 cm³/mol. The summed E-state index contributed by atoms with van der Waals surface area (Å²) < 4.78 is 0. The highest BCUT2D eigenvalue weighted by Crippen LogP contribution is 2.37. The lowest BCUT2D eigenvalue weighted by Gasteiger charge is -2.00. The Morgan fingerprint density at radius 3 is 2.42 bits per heavy atom. The Bertz CT molecular complexity index is 357. The zero-order valence-corrected chi connectivity index (χ0v) is 7.90. The minimum absolute atomic E-state index is 0.168. The van der Waals surface area contributed by atoms with Gasteiger partial charge in [0, 0.05) is 4.91 Å². The van der Waals surface area contributed by atoms with Gasteiger partial charge in [-0.3, -0.25) is 0 Å². The smallest absolute Gasteiger partial charge is 0.0783 e. The van der Waals surface area contributed by atoms with Gasteiger partial charge in [0.2, 0.25) is 0 Å². The molecule has 0 saturated carbocycles. The van der Waals surface area contributed by atoms with Crippen molar-refractivity contribution in [1.82, 2.24) is 0 Å². The second-order valence-electron chi connectivity index (χ2n) is 1.88. The van der Waals surface area contributed by atoms with Gasteiger partial charge in [0.15, 0.2) is 0 Å². The Labute approximate surface area is 83.5 Å². The van der Waals surface area contributed by atoms with E-state index in [9.17, 15) is 0 Å². The molecule has 0 N–H and O–H groups in total. The molecule has 0 radical (unpaired) electrons. The zero-order chi connectivity index (χ0) is 9.14. The quantitative estimate of drug-likeness (QED) is 0.289. The van der Waals surface area contributed by atoms with Crippen LogP contribution in [0, 0.1) is 0 Å². The molecule has 0 spiro atoms. The van der Waals surface area contributed by atoms with E-state index in [2.05, 4.69) is 10.0 Å². The Morgan fingerprint density at radius 1 is 1.17 bits per heavy atom. The average molecular weight is 222 g/mol. The Morgan fingerprint density at radius 2 is 1.83 bits per heavy atom. The molecular weight excluding hydrogens is 220 g/mol. The van der Waals surface area contributed by atoms with Crippen LogP contribution in [0.5, 0.6) is 0 Å². The van der Waals surface area contributed by atoms with Gasteiger partial charge in [-0.2, -0.15) is 0 Å². The summed E-state index contributed by atoms with van der Waals surface area (Å²) in [5.41, 5.74) is 8.40. The van der Waals surface area contributed by atoms with E-state index < -0.39 is 0 Å². The van der Waals surface area contributed by atoms with Crippen LogP contribution in [-0.4, -0.2) is 0 Å². The first-order chi connectivity index (χ1) is 5.66. The number of rotatable bonds is 1. The lowest BCUT2D eigenvalue weighted by Crippen LogP contribution is -1.71. The van der Waals surface area contributed by atoms with E-state index in [1.165, 1.54) is 12.1 Å². The van der Waals surface area contributed by atoms with Gasteiger partial charge in [-0.15, -0.1) is 0 Å². The molecule has 0 aromatic heterocycles. The third-order valence-electron chi connectivity index (χ3n) is 1.17. The van der Waals surface area contributed by atoms with Gasteiger partial charge in [-0.05, 0) is 17.7 Å². The van der Waals surface area contributed by atoms with Crippen molar-refractivity contribution >= 4 is 40.5 Å². The van der Waals surface area contributed by atoms with Crippen molar-refractivity contribution in [2.24, 2.45) is 5.11 Å². The van der Waals surface area contributed by atoms with Gasteiger partial charge in [-0.1, -0.05) is 39.9 Å². The maximum absolute atomic E-state index is 8.13. The monoisotopic (exact) mass is 221 g/mol. The summed E-state index contributed by atoms with van der Waals surface area (Å²) in [5.74, 6) is 0. The second kappa shape index (κ2) is 3.87. The first-order valence-corrected chi connectivity index (χ1v) is 3.99. The number of halogens is 3. The molecule has 62 valence electrons. The maximum atomic E-state index is 8.13. The summed E-state index contributed by atoms with van der Waals surface area (Å²) in [6, 6.07) is 3.01. The van der Waals surface area contributed by atoms with E-state index in [-0.39, 0.29) is 15.7 Å². The molecule has 0 saturated heterocycles. The van der Waals surface area contributed by atoms with Crippen LogP contribution in [-0.2, 0) is 0 Å². The van der Waals surface area contributed by atoms with Crippen molar-refractivity contribution < 1.29 is 0 Å². The van der Waals surface area contributed by atoms with Gasteiger partial charge >= 0.3 is 0 Å². The van der Waals surface area contributed by atoms with Gasteiger partial charge in [0.1, 0.15) is 0 Å². The summed E-state index contributed by atoms with van der Waals surface area (Å²) >= 11 is 17.0. The van der Waals surface area contributed by atoms with Crippen molar-refractivity contribution in [3.8, 4) is 0 Å². The molecule has 6 heteroatoms. The van der Waals surface area contributed by atoms with E-state index in [0.29, 0.717) is 5.02 Å². The molecule has 0 aliphatic rings. The van der Waals surface area contributed by atoms with E-state index >= 15 is 0 Å². The number of hydrogen-bond acceptors (Lipinski definition) is 1. The Hall–Kier alpha value is -0.600. The lowest BCUT2D eigenvalue weighted by atomic mass is 10.3. The number of benzene rings is 1. The second-order valence-corrected chi connectivity index (χ2v) is 3.05. The average Bonchev–Trinajstić information content (AvgIpc) is 2.07. The van der Waals surface area contributed by atoms with Crippen LogP contribution in [0.25, 0.3) is 10.4 Å². The summed E-state index contributed by atoms with van der Waals surface area (Å²) in [4.78, 5) is 2.58. The highest BCUT2D eigenvalue weighted by molar-refractivity contribution is 6.49. The van der Waals surface area contributed by atoms with Crippen LogP contribution < -0.4 is 0 Å². The molecule has 0 amide bonds. The van der Waals surface area contributed by atoms with Gasteiger partial charge < -0.3 is 0 Å². The maximum Gasteiger partial charge on any atom is 0.0783 e. The van der Waals surface area contributed by atoms with E-state index in [1.54, 1.807) is 0 Å². The fraction of sp³-hybridized carbons (Fsp3) is 0. The predicted octanol–water partition coefficient (Wildman–Crippen LogP) is 4.59. The van der Waals surface area contributed by atoms with Crippen LogP contribution >= 0.6 is 34.8 Å². The summed E-state index contributed by atoms with van der Waals surface area (Å²) in [6.45, 7) is 0. The molecule has 0 atom stereocenters. The summed E-state index contributed by atoms with van der Waals surface area (Å²) in [5, 5.41) is 4.01. The minimum atomic E-state index is 0.168.